The quantitative estimate of drug-likeness (QED) is 0.194. The average molecular weight is 983 g/mol. The Labute approximate surface area is 399 Å². The molecule has 2 heterocycles. The maximum atomic E-state index is 13.1. The van der Waals surface area contributed by atoms with Crippen LogP contribution in [-0.4, -0.2) is 130 Å². The molecular formula is C46H66N10O10S2. The van der Waals surface area contributed by atoms with Crippen molar-refractivity contribution in [1.82, 2.24) is 24.1 Å². The number of aliphatic imine (C=N–C) groups is 2. The first-order chi connectivity index (χ1) is 31.8. The molecule has 0 saturated carbocycles. The number of hydrogen-bond donors (Lipinski definition) is 5. The van der Waals surface area contributed by atoms with Crippen LogP contribution in [0.1, 0.15) is 112 Å². The predicted molar refractivity (Wildman–Crippen MR) is 259 cm³/mol. The number of hydrogen-bond acceptors (Lipinski definition) is 11. The highest BCUT2D eigenvalue weighted by atomic mass is 32.2. The van der Waals surface area contributed by atoms with Crippen LogP contribution in [-0.2, 0) is 80.9 Å². The topological polar surface area (TPSA) is 264 Å². The number of likely N-dealkylation sites (tertiary alicyclic amines) is 2. The van der Waals surface area contributed by atoms with Crippen LogP contribution in [0.25, 0.3) is 0 Å². The van der Waals surface area contributed by atoms with Crippen molar-refractivity contribution < 1.29 is 45.5 Å². The number of amides is 6. The van der Waals surface area contributed by atoms with Crippen molar-refractivity contribution in [2.24, 2.45) is 15.7 Å². The molecule has 0 radical (unpaired) electrons. The molecule has 8 rings (SSSR count). The van der Waals surface area contributed by atoms with Crippen LogP contribution in [0.3, 0.4) is 0 Å². The largest absolute Gasteiger partial charge is 0.443 e. The molecule has 4 aliphatic carbocycles. The van der Waals surface area contributed by atoms with E-state index in [0.29, 0.717) is 5.96 Å². The lowest BCUT2D eigenvalue weighted by atomic mass is 9.99. The Balaban J connectivity index is 0.000000218. The first-order valence-electron chi connectivity index (χ1n) is 23.3. The molecule has 6 aliphatic rings. The van der Waals surface area contributed by atoms with Gasteiger partial charge in [0.1, 0.15) is 21.7 Å². The van der Waals surface area contributed by atoms with Crippen molar-refractivity contribution >= 4 is 67.6 Å². The minimum absolute atomic E-state index is 0.104. The molecule has 22 heteroatoms. The number of rotatable bonds is 6. The Hall–Kier alpha value is -5.64. The third-order valence-electron chi connectivity index (χ3n) is 12.9. The molecule has 0 unspecified atom stereocenters. The van der Waals surface area contributed by atoms with Gasteiger partial charge in [0.05, 0.1) is 0 Å². The molecule has 0 atom stereocenters. The van der Waals surface area contributed by atoms with Gasteiger partial charge in [-0.2, -0.15) is 0 Å². The summed E-state index contributed by atoms with van der Waals surface area (Å²) in [5, 5.41) is 4.05. The third kappa shape index (κ3) is 11.4. The van der Waals surface area contributed by atoms with Gasteiger partial charge in [-0.05, 0) is 163 Å². The number of benzene rings is 2. The summed E-state index contributed by atoms with van der Waals surface area (Å²) in [4.78, 5) is 62.6. The number of urea groups is 2. The van der Waals surface area contributed by atoms with Crippen molar-refractivity contribution in [3.8, 4) is 0 Å². The summed E-state index contributed by atoms with van der Waals surface area (Å²) in [5.74, 6) is 0.195. The number of aryl methyl sites for hydroxylation is 4. The molecule has 6 amide bonds. The molecule has 2 aromatic rings. The van der Waals surface area contributed by atoms with E-state index in [4.69, 9.17) is 15.2 Å². The second kappa shape index (κ2) is 19.4. The average Bonchev–Trinajstić information content (AvgIpc) is 4.02. The van der Waals surface area contributed by atoms with E-state index < -0.39 is 66.0 Å². The van der Waals surface area contributed by atoms with Crippen LogP contribution < -0.4 is 25.8 Å². The molecule has 0 spiro atoms. The van der Waals surface area contributed by atoms with Crippen LogP contribution in [0, 0.1) is 0 Å². The number of anilines is 2. The number of nitrogens with zero attached hydrogens (tertiary/aromatic N) is 5. The van der Waals surface area contributed by atoms with Gasteiger partial charge in [0.2, 0.25) is 26.0 Å². The van der Waals surface area contributed by atoms with Crippen molar-refractivity contribution in [1.29, 1.82) is 0 Å². The fourth-order valence-electron chi connectivity index (χ4n) is 9.53. The van der Waals surface area contributed by atoms with Gasteiger partial charge < -0.3 is 35.6 Å². The van der Waals surface area contributed by atoms with Gasteiger partial charge >= 0.3 is 24.2 Å². The van der Waals surface area contributed by atoms with E-state index in [9.17, 15) is 36.0 Å². The maximum Gasteiger partial charge on any atom is 0.437 e. The zero-order chi connectivity index (χ0) is 49.5. The molecule has 372 valence electrons. The summed E-state index contributed by atoms with van der Waals surface area (Å²) < 4.78 is 66.2. The minimum Gasteiger partial charge on any atom is -0.443 e. The zero-order valence-corrected chi connectivity index (χ0v) is 42.0. The zero-order valence-electron chi connectivity index (χ0n) is 40.3. The molecular weight excluding hydrogens is 917 g/mol. The van der Waals surface area contributed by atoms with Crippen molar-refractivity contribution in [2.45, 2.75) is 140 Å². The number of nitrogens with two attached hydrogens (primary N) is 1. The summed E-state index contributed by atoms with van der Waals surface area (Å²) in [6.45, 7) is 10.4. The lowest BCUT2D eigenvalue weighted by Gasteiger charge is -2.42. The van der Waals surface area contributed by atoms with Crippen LogP contribution in [0.2, 0.25) is 0 Å². The number of guanidine groups is 2. The highest BCUT2D eigenvalue weighted by Crippen LogP contribution is 2.40. The number of carbonyl (C=O) groups is 4. The highest BCUT2D eigenvalue weighted by molar-refractivity contribution is 7.91. The maximum absolute atomic E-state index is 13.1. The van der Waals surface area contributed by atoms with Gasteiger partial charge in [-0.15, -0.1) is 4.99 Å². The van der Waals surface area contributed by atoms with Crippen LogP contribution >= 0.6 is 0 Å². The molecule has 2 aliphatic heterocycles. The van der Waals surface area contributed by atoms with Crippen molar-refractivity contribution in [2.75, 3.05) is 50.9 Å². The van der Waals surface area contributed by atoms with E-state index in [-0.39, 0.29) is 32.1 Å². The monoisotopic (exact) mass is 982 g/mol. The van der Waals surface area contributed by atoms with Gasteiger partial charge in [-0.3, -0.25) is 9.89 Å². The van der Waals surface area contributed by atoms with E-state index in [0.717, 1.165) is 104 Å². The van der Waals surface area contributed by atoms with Gasteiger partial charge in [-0.1, -0.05) is 12.1 Å². The smallest absolute Gasteiger partial charge is 0.437 e. The molecule has 68 heavy (non-hydrogen) atoms. The second-order valence-electron chi connectivity index (χ2n) is 20.2. The molecule has 2 aromatic carbocycles. The molecule has 2 saturated heterocycles. The summed E-state index contributed by atoms with van der Waals surface area (Å²) in [5.41, 5.74) is 15.2. The lowest BCUT2D eigenvalue weighted by Crippen LogP contribution is -2.63. The third-order valence-corrected chi connectivity index (χ3v) is 16.1. The number of ether oxygens (including phenoxy) is 2. The fraction of sp³-hybridized carbons (Fsp3) is 0.609. The van der Waals surface area contributed by atoms with Gasteiger partial charge in [0.15, 0.2) is 5.96 Å². The van der Waals surface area contributed by atoms with Crippen molar-refractivity contribution in [3.05, 3.63) is 56.6 Å². The van der Waals surface area contributed by atoms with E-state index in [1.54, 1.807) is 53.5 Å². The predicted octanol–water partition coefficient (Wildman–Crippen LogP) is 4.70. The van der Waals surface area contributed by atoms with Gasteiger partial charge in [0, 0.05) is 51.6 Å². The Bertz CT molecular complexity index is 2580. The van der Waals surface area contributed by atoms with Crippen LogP contribution in [0.4, 0.5) is 30.6 Å². The molecule has 2 fully saturated rings. The Morgan fingerprint density at radius 3 is 1.35 bits per heavy atom. The standard InChI is InChI=1S/C28H41N5O7S.C18H25N5O3S/c1-27(2,3)39-25(35)30-24(32(7)26(36)40-28(4,5)6)33-15-19(16-33)41(37,38)31-23(34)29-22-20-12-8-10-17(20)14-18-11-9-13-21(18)22;1-20-17(19)23-9-13(10-23)27(25,26)22-18(24)21-16-14-6-2-4-11(14)8-12-5-3-7-15(12)16/h14,19H,8-13,15-16H2,1-7H3,(H2,29,31,34);8,13H,2-7,9-10H2,1H3,(H2,19,20)(H2,21,22,24). The lowest BCUT2D eigenvalue weighted by molar-refractivity contribution is 0.0374. The normalized spacial score (nSPS) is 18.2. The van der Waals surface area contributed by atoms with Gasteiger partial charge in [-0.25, -0.2) is 45.5 Å². The van der Waals surface area contributed by atoms with E-state index in [1.165, 1.54) is 45.3 Å². The molecule has 20 nitrogen and oxygen atoms in total. The second-order valence-corrected chi connectivity index (χ2v) is 24.2. The number of nitrogens with one attached hydrogen (secondary N) is 4. The number of carbonyl (C=O) groups excluding carboxylic acids is 4. The van der Waals surface area contributed by atoms with E-state index in [1.807, 2.05) is 0 Å². The molecule has 6 N–H and O–H groups in total. The van der Waals surface area contributed by atoms with Crippen molar-refractivity contribution in [3.63, 3.8) is 0 Å². The van der Waals surface area contributed by atoms with Gasteiger partial charge in [0.25, 0.3) is 0 Å². The SMILES string of the molecule is CN(C(=O)OC(C)(C)C)C(=NC(=O)OC(C)(C)C)N1CC(S(=O)(=O)NC(=O)Nc2c3c(cc4c2CCC4)CCC3)C1.CN=C(N)N1CC(S(=O)(=O)NC(=O)Nc2c3c(cc4c2CCC4)CCC3)C1. The summed E-state index contributed by atoms with van der Waals surface area (Å²) in [6, 6.07) is 3.03. The van der Waals surface area contributed by atoms with Crippen LogP contribution in [0.5, 0.6) is 0 Å². The Morgan fingerprint density at radius 1 is 0.632 bits per heavy atom. The summed E-state index contributed by atoms with van der Waals surface area (Å²) in [6.07, 6.45) is 9.99. The Kier molecular flexibility index (Phi) is 14.3. The highest BCUT2D eigenvalue weighted by Gasteiger charge is 2.43. The Morgan fingerprint density at radius 2 is 1.00 bits per heavy atom. The van der Waals surface area contributed by atoms with E-state index >= 15 is 0 Å². The number of sulfonamides is 2. The number of fused-ring (bicyclic) bond motifs is 4. The minimum atomic E-state index is -4.08. The van der Waals surface area contributed by atoms with E-state index in [2.05, 4.69) is 42.2 Å². The first kappa shape index (κ1) is 50.2. The summed E-state index contributed by atoms with van der Waals surface area (Å²) >= 11 is 0. The summed E-state index contributed by atoms with van der Waals surface area (Å²) in [7, 11) is -4.91. The fourth-order valence-corrected chi connectivity index (χ4v) is 12.0. The molecule has 0 aromatic heterocycles. The molecule has 0 bridgehead atoms. The first-order valence-corrected chi connectivity index (χ1v) is 26.4. The van der Waals surface area contributed by atoms with Crippen LogP contribution in [0.15, 0.2) is 22.1 Å².